The summed E-state index contributed by atoms with van der Waals surface area (Å²) in [7, 11) is 0. The highest BCUT2D eigenvalue weighted by Crippen LogP contribution is 2.31. The maximum Gasteiger partial charge on any atom is 0.253 e. The number of amides is 1. The Labute approximate surface area is 189 Å². The number of carbonyl (C=O) groups excluding carboxylic acids is 1. The summed E-state index contributed by atoms with van der Waals surface area (Å²) in [5, 5.41) is 1.02. The average molecular weight is 448 g/mol. The first kappa shape index (κ1) is 20.7. The first-order valence-electron chi connectivity index (χ1n) is 10.4. The Kier molecular flexibility index (Phi) is 5.40. The number of hydrogen-bond donors (Lipinski definition) is 1. The van der Waals surface area contributed by atoms with Crippen LogP contribution in [0.25, 0.3) is 28.0 Å². The fourth-order valence-electron chi connectivity index (χ4n) is 4.09. The zero-order chi connectivity index (χ0) is 22.2. The van der Waals surface area contributed by atoms with Crippen LogP contribution < -0.4 is 5.73 Å². The number of halogens is 1. The quantitative estimate of drug-likeness (QED) is 0.476. The number of carbonyl (C=O) groups is 1. The summed E-state index contributed by atoms with van der Waals surface area (Å²) in [6.07, 6.45) is 8.03. The molecule has 0 radical (unpaired) electrons. The van der Waals surface area contributed by atoms with E-state index in [4.69, 9.17) is 5.73 Å². The molecule has 0 saturated carbocycles. The van der Waals surface area contributed by atoms with Gasteiger partial charge in [-0.25, -0.2) is 14.4 Å². The average Bonchev–Trinajstić information content (AvgIpc) is 3.42. The van der Waals surface area contributed by atoms with E-state index >= 15 is 0 Å². The fraction of sp³-hybridized carbons (Fsp3) is 0.208. The standard InChI is InChI=1S/C24H22FN5OS/c1-32-22-14-30(24-27-11-16(12-28-24)18-4-2-3-5-20(18)25)21-10-15(6-7-19(21)22)23(31)29-9-8-17(26)13-29/h2-7,10-12,14,17H,8-9,13,26H2,1H3. The van der Waals surface area contributed by atoms with E-state index in [9.17, 15) is 9.18 Å². The Hall–Kier alpha value is -3.23. The lowest BCUT2D eigenvalue weighted by molar-refractivity contribution is 0.0791. The predicted octanol–water partition coefficient (Wildman–Crippen LogP) is 4.12. The first-order chi connectivity index (χ1) is 15.5. The molecule has 1 fully saturated rings. The summed E-state index contributed by atoms with van der Waals surface area (Å²) in [5.41, 5.74) is 8.50. The molecule has 2 aromatic carbocycles. The Bertz CT molecular complexity index is 1300. The molecule has 1 saturated heterocycles. The minimum Gasteiger partial charge on any atom is -0.337 e. The van der Waals surface area contributed by atoms with Crippen molar-refractivity contribution in [1.82, 2.24) is 19.4 Å². The van der Waals surface area contributed by atoms with Crippen molar-refractivity contribution in [2.45, 2.75) is 17.4 Å². The second-order valence-electron chi connectivity index (χ2n) is 7.85. The Morgan fingerprint density at radius 1 is 1.19 bits per heavy atom. The molecule has 0 spiro atoms. The Balaban J connectivity index is 1.54. The lowest BCUT2D eigenvalue weighted by Crippen LogP contribution is -2.31. The van der Waals surface area contributed by atoms with Gasteiger partial charge in [0.1, 0.15) is 5.82 Å². The molecule has 162 valence electrons. The summed E-state index contributed by atoms with van der Waals surface area (Å²) in [6, 6.07) is 12.3. The third-order valence-corrected chi connectivity index (χ3v) is 6.55. The van der Waals surface area contributed by atoms with E-state index in [-0.39, 0.29) is 17.8 Å². The van der Waals surface area contributed by atoms with Crippen molar-refractivity contribution in [2.75, 3.05) is 19.3 Å². The number of hydrogen-bond acceptors (Lipinski definition) is 5. The molecule has 1 atom stereocenters. The first-order valence-corrected chi connectivity index (χ1v) is 11.6. The summed E-state index contributed by atoms with van der Waals surface area (Å²) >= 11 is 1.62. The van der Waals surface area contributed by atoms with Gasteiger partial charge in [0.25, 0.3) is 5.91 Å². The van der Waals surface area contributed by atoms with E-state index in [0.29, 0.717) is 35.7 Å². The van der Waals surface area contributed by atoms with Crippen molar-refractivity contribution in [3.8, 4) is 17.1 Å². The molecule has 1 amide bonds. The van der Waals surface area contributed by atoms with Gasteiger partial charge < -0.3 is 10.6 Å². The van der Waals surface area contributed by atoms with E-state index in [2.05, 4.69) is 9.97 Å². The Morgan fingerprint density at radius 2 is 1.97 bits per heavy atom. The molecule has 6 nitrogen and oxygen atoms in total. The molecule has 3 heterocycles. The zero-order valence-corrected chi connectivity index (χ0v) is 18.3. The number of nitrogens with two attached hydrogens (primary N) is 1. The van der Waals surface area contributed by atoms with Gasteiger partial charge >= 0.3 is 0 Å². The van der Waals surface area contributed by atoms with Crippen molar-refractivity contribution in [3.05, 3.63) is 72.4 Å². The summed E-state index contributed by atoms with van der Waals surface area (Å²) in [5.74, 6) is 0.127. The van der Waals surface area contributed by atoms with Gasteiger partial charge in [0.15, 0.2) is 0 Å². The molecule has 5 rings (SSSR count). The van der Waals surface area contributed by atoms with Gasteiger partial charge in [0, 0.05) is 64.7 Å². The highest BCUT2D eigenvalue weighted by molar-refractivity contribution is 7.98. The van der Waals surface area contributed by atoms with Crippen LogP contribution in [-0.2, 0) is 0 Å². The smallest absolute Gasteiger partial charge is 0.253 e. The van der Waals surface area contributed by atoms with Crippen LogP contribution in [0.5, 0.6) is 0 Å². The molecule has 1 aliphatic rings. The number of thioether (sulfide) groups is 1. The maximum absolute atomic E-state index is 14.1. The second-order valence-corrected chi connectivity index (χ2v) is 8.70. The van der Waals surface area contributed by atoms with Crippen molar-refractivity contribution in [1.29, 1.82) is 0 Å². The van der Waals surface area contributed by atoms with Gasteiger partial charge in [0.05, 0.1) is 5.52 Å². The van der Waals surface area contributed by atoms with Gasteiger partial charge in [0.2, 0.25) is 5.95 Å². The van der Waals surface area contributed by atoms with Crippen LogP contribution in [0.2, 0.25) is 0 Å². The van der Waals surface area contributed by atoms with Crippen LogP contribution in [0.15, 0.2) is 66.0 Å². The normalized spacial score (nSPS) is 16.1. The van der Waals surface area contributed by atoms with Crippen LogP contribution in [-0.4, -0.2) is 50.7 Å². The number of aromatic nitrogens is 3. The highest BCUT2D eigenvalue weighted by atomic mass is 32.2. The number of benzene rings is 2. The van der Waals surface area contributed by atoms with E-state index in [1.165, 1.54) is 6.07 Å². The van der Waals surface area contributed by atoms with E-state index in [0.717, 1.165) is 22.2 Å². The molecule has 2 aromatic heterocycles. The van der Waals surface area contributed by atoms with Crippen LogP contribution in [0.4, 0.5) is 4.39 Å². The fourth-order valence-corrected chi connectivity index (χ4v) is 4.69. The van der Waals surface area contributed by atoms with Crippen molar-refractivity contribution in [3.63, 3.8) is 0 Å². The number of nitrogens with zero attached hydrogens (tertiary/aromatic N) is 4. The minimum atomic E-state index is -0.315. The number of fused-ring (bicyclic) bond motifs is 1. The SMILES string of the molecule is CSc1cn(-c2ncc(-c3ccccc3F)cn2)c2cc(C(=O)N3CCC(N)C3)ccc12. The van der Waals surface area contributed by atoms with Gasteiger partial charge in [-0.05, 0) is 30.9 Å². The molecule has 1 unspecified atom stereocenters. The van der Waals surface area contributed by atoms with Gasteiger partial charge in [-0.3, -0.25) is 9.36 Å². The third kappa shape index (κ3) is 3.65. The molecule has 32 heavy (non-hydrogen) atoms. The van der Waals surface area contributed by atoms with Crippen LogP contribution >= 0.6 is 11.8 Å². The molecular weight excluding hydrogens is 425 g/mol. The number of likely N-dealkylation sites (tertiary alicyclic amines) is 1. The monoisotopic (exact) mass is 447 g/mol. The summed E-state index contributed by atoms with van der Waals surface area (Å²) < 4.78 is 16.0. The number of rotatable bonds is 4. The van der Waals surface area contributed by atoms with Crippen LogP contribution in [0.1, 0.15) is 16.8 Å². The summed E-state index contributed by atoms with van der Waals surface area (Å²) in [4.78, 5) is 24.8. The lowest BCUT2D eigenvalue weighted by atomic mass is 10.1. The largest absolute Gasteiger partial charge is 0.337 e. The summed E-state index contributed by atoms with van der Waals surface area (Å²) in [6.45, 7) is 1.25. The van der Waals surface area contributed by atoms with Crippen LogP contribution in [0, 0.1) is 5.82 Å². The zero-order valence-electron chi connectivity index (χ0n) is 17.5. The third-order valence-electron chi connectivity index (χ3n) is 5.79. The van der Waals surface area contributed by atoms with E-state index < -0.39 is 0 Å². The molecule has 0 aliphatic carbocycles. The predicted molar refractivity (Wildman–Crippen MR) is 125 cm³/mol. The molecular formula is C24H22FN5OS. The molecule has 8 heteroatoms. The molecule has 4 aromatic rings. The Morgan fingerprint density at radius 3 is 2.66 bits per heavy atom. The second kappa shape index (κ2) is 8.37. The van der Waals surface area contributed by atoms with Crippen LogP contribution in [0.3, 0.4) is 0 Å². The highest BCUT2D eigenvalue weighted by Gasteiger charge is 2.25. The minimum absolute atomic E-state index is 0.0193. The lowest BCUT2D eigenvalue weighted by Gasteiger charge is -2.16. The van der Waals surface area contributed by atoms with Crippen molar-refractivity contribution < 1.29 is 9.18 Å². The van der Waals surface area contributed by atoms with Crippen molar-refractivity contribution in [2.24, 2.45) is 5.73 Å². The topological polar surface area (TPSA) is 77.0 Å². The van der Waals surface area contributed by atoms with Gasteiger partial charge in [-0.15, -0.1) is 11.8 Å². The van der Waals surface area contributed by atoms with Gasteiger partial charge in [-0.1, -0.05) is 24.3 Å². The van der Waals surface area contributed by atoms with Gasteiger partial charge in [-0.2, -0.15) is 0 Å². The van der Waals surface area contributed by atoms with Crippen molar-refractivity contribution >= 4 is 28.6 Å². The molecule has 2 N–H and O–H groups in total. The van der Waals surface area contributed by atoms with E-state index in [1.54, 1.807) is 47.3 Å². The molecule has 1 aliphatic heterocycles. The molecule has 0 bridgehead atoms. The maximum atomic E-state index is 14.1. The van der Waals surface area contributed by atoms with E-state index in [1.807, 2.05) is 35.2 Å².